The molecule has 0 radical (unpaired) electrons. The predicted molar refractivity (Wildman–Crippen MR) is 61.6 cm³/mol. The minimum atomic E-state index is -0.384. The Hall–Kier alpha value is -1.39. The summed E-state index contributed by atoms with van der Waals surface area (Å²) in [4.78, 5) is 0. The van der Waals surface area contributed by atoms with E-state index in [1.165, 1.54) is 6.07 Å². The summed E-state index contributed by atoms with van der Waals surface area (Å²) in [6, 6.07) is 4.72. The highest BCUT2D eigenvalue weighted by molar-refractivity contribution is 6.34. The second kappa shape index (κ2) is 4.23. The number of aromatic nitrogens is 2. The van der Waals surface area contributed by atoms with Crippen LogP contribution in [-0.4, -0.2) is 10.2 Å². The first-order chi connectivity index (χ1) is 7.63. The van der Waals surface area contributed by atoms with Gasteiger partial charge in [0.25, 0.3) is 0 Å². The number of aryl methyl sites for hydroxylation is 1. The monoisotopic (exact) mass is 239 g/mol. The maximum absolute atomic E-state index is 13.7. The van der Waals surface area contributed by atoms with Crippen LogP contribution in [0.1, 0.15) is 11.3 Å². The first kappa shape index (κ1) is 11.1. The molecule has 0 saturated heterocycles. The molecule has 2 rings (SSSR count). The van der Waals surface area contributed by atoms with Gasteiger partial charge in [0.15, 0.2) is 0 Å². The van der Waals surface area contributed by atoms with Gasteiger partial charge >= 0.3 is 0 Å². The van der Waals surface area contributed by atoms with Crippen molar-refractivity contribution in [2.75, 3.05) is 0 Å². The van der Waals surface area contributed by atoms with E-state index in [1.54, 1.807) is 12.1 Å². The zero-order valence-electron chi connectivity index (χ0n) is 8.72. The summed E-state index contributed by atoms with van der Waals surface area (Å²) in [7, 11) is 0. The van der Waals surface area contributed by atoms with Gasteiger partial charge in [-0.25, -0.2) is 4.39 Å². The summed E-state index contributed by atoms with van der Waals surface area (Å²) in [5.74, 6) is -0.384. The number of H-pyrrole nitrogens is 1. The SMILES string of the molecule is Cc1ccc(F)c(-c2cc(CN)[nH]n2)c1Cl. The number of nitrogens with one attached hydrogen (secondary N) is 1. The van der Waals surface area contributed by atoms with Crippen molar-refractivity contribution in [2.24, 2.45) is 5.73 Å². The summed E-state index contributed by atoms with van der Waals surface area (Å²) in [5, 5.41) is 7.10. The van der Waals surface area contributed by atoms with Gasteiger partial charge < -0.3 is 5.73 Å². The number of benzene rings is 1. The van der Waals surface area contributed by atoms with Gasteiger partial charge in [-0.15, -0.1) is 0 Å². The molecule has 5 heteroatoms. The Kier molecular flexibility index (Phi) is 2.94. The smallest absolute Gasteiger partial charge is 0.134 e. The number of aromatic amines is 1. The minimum Gasteiger partial charge on any atom is -0.325 e. The third-order valence-electron chi connectivity index (χ3n) is 2.39. The van der Waals surface area contributed by atoms with Crippen molar-refractivity contribution in [2.45, 2.75) is 13.5 Å². The summed E-state index contributed by atoms with van der Waals surface area (Å²) in [6.07, 6.45) is 0. The topological polar surface area (TPSA) is 54.7 Å². The third-order valence-corrected chi connectivity index (χ3v) is 2.88. The molecule has 0 atom stereocenters. The van der Waals surface area contributed by atoms with Gasteiger partial charge in [0.2, 0.25) is 0 Å². The molecular weight excluding hydrogens is 229 g/mol. The molecule has 0 unspecified atom stereocenters. The Morgan fingerprint density at radius 2 is 2.25 bits per heavy atom. The lowest BCUT2D eigenvalue weighted by atomic mass is 10.1. The van der Waals surface area contributed by atoms with Crippen LogP contribution in [0.4, 0.5) is 4.39 Å². The molecular formula is C11H11ClFN3. The molecule has 0 amide bonds. The van der Waals surface area contributed by atoms with Crippen LogP contribution in [0.2, 0.25) is 5.02 Å². The summed E-state index contributed by atoms with van der Waals surface area (Å²) >= 11 is 6.06. The average molecular weight is 240 g/mol. The van der Waals surface area contributed by atoms with E-state index < -0.39 is 0 Å². The number of rotatable bonds is 2. The zero-order chi connectivity index (χ0) is 11.7. The van der Waals surface area contributed by atoms with Crippen LogP contribution >= 0.6 is 11.6 Å². The molecule has 0 saturated carbocycles. The zero-order valence-corrected chi connectivity index (χ0v) is 9.48. The summed E-state index contributed by atoms with van der Waals surface area (Å²) in [5.41, 5.74) is 7.80. The van der Waals surface area contributed by atoms with Crippen molar-refractivity contribution in [1.82, 2.24) is 10.2 Å². The molecule has 3 N–H and O–H groups in total. The maximum atomic E-state index is 13.7. The highest BCUT2D eigenvalue weighted by Gasteiger charge is 2.14. The van der Waals surface area contributed by atoms with Gasteiger partial charge in [0, 0.05) is 12.2 Å². The van der Waals surface area contributed by atoms with Crippen molar-refractivity contribution in [3.63, 3.8) is 0 Å². The lowest BCUT2D eigenvalue weighted by Gasteiger charge is -2.05. The van der Waals surface area contributed by atoms with Crippen LogP contribution in [0, 0.1) is 12.7 Å². The van der Waals surface area contributed by atoms with Crippen LogP contribution < -0.4 is 5.73 Å². The normalized spacial score (nSPS) is 10.8. The summed E-state index contributed by atoms with van der Waals surface area (Å²) in [6.45, 7) is 2.15. The van der Waals surface area contributed by atoms with E-state index in [-0.39, 0.29) is 5.82 Å². The Bertz CT molecular complexity index is 522. The fourth-order valence-electron chi connectivity index (χ4n) is 1.49. The summed E-state index contributed by atoms with van der Waals surface area (Å²) < 4.78 is 13.7. The van der Waals surface area contributed by atoms with E-state index in [0.29, 0.717) is 22.8 Å². The van der Waals surface area contributed by atoms with Crippen LogP contribution in [0.5, 0.6) is 0 Å². The number of hydrogen-bond donors (Lipinski definition) is 2. The Morgan fingerprint density at radius 3 is 2.88 bits per heavy atom. The molecule has 3 nitrogen and oxygen atoms in total. The molecule has 2 aromatic rings. The molecule has 0 aliphatic heterocycles. The molecule has 0 spiro atoms. The van der Waals surface area contributed by atoms with Gasteiger partial charge in [0.05, 0.1) is 16.3 Å². The first-order valence-corrected chi connectivity index (χ1v) is 5.20. The van der Waals surface area contributed by atoms with Gasteiger partial charge in [-0.1, -0.05) is 17.7 Å². The molecule has 0 aliphatic rings. The number of nitrogens with zero attached hydrogens (tertiary/aromatic N) is 1. The maximum Gasteiger partial charge on any atom is 0.134 e. The van der Waals surface area contributed by atoms with E-state index in [9.17, 15) is 4.39 Å². The highest BCUT2D eigenvalue weighted by Crippen LogP contribution is 2.32. The first-order valence-electron chi connectivity index (χ1n) is 4.83. The van der Waals surface area contributed by atoms with Gasteiger partial charge in [0.1, 0.15) is 5.82 Å². The largest absolute Gasteiger partial charge is 0.325 e. The van der Waals surface area contributed by atoms with Crippen LogP contribution in [0.25, 0.3) is 11.3 Å². The van der Waals surface area contributed by atoms with Crippen molar-refractivity contribution in [3.8, 4) is 11.3 Å². The molecule has 16 heavy (non-hydrogen) atoms. The van der Waals surface area contributed by atoms with E-state index in [0.717, 1.165) is 11.3 Å². The Balaban J connectivity index is 2.58. The third kappa shape index (κ3) is 1.81. The molecule has 0 aliphatic carbocycles. The van der Waals surface area contributed by atoms with Crippen molar-refractivity contribution in [3.05, 3.63) is 40.3 Å². The lowest BCUT2D eigenvalue weighted by molar-refractivity contribution is 0.630. The van der Waals surface area contributed by atoms with Crippen molar-refractivity contribution < 1.29 is 4.39 Å². The Labute approximate surface area is 97.4 Å². The molecule has 1 aromatic heterocycles. The second-order valence-electron chi connectivity index (χ2n) is 3.54. The van der Waals surface area contributed by atoms with E-state index in [4.69, 9.17) is 17.3 Å². The number of nitrogens with two attached hydrogens (primary N) is 1. The molecule has 84 valence electrons. The molecule has 0 fully saturated rings. The second-order valence-corrected chi connectivity index (χ2v) is 3.91. The van der Waals surface area contributed by atoms with E-state index in [1.807, 2.05) is 6.92 Å². The fraction of sp³-hybridized carbons (Fsp3) is 0.182. The molecule has 0 bridgehead atoms. The molecule has 1 heterocycles. The average Bonchev–Trinajstić information content (AvgIpc) is 2.73. The van der Waals surface area contributed by atoms with E-state index >= 15 is 0 Å². The number of hydrogen-bond acceptors (Lipinski definition) is 2. The standard InChI is InChI=1S/C11H11ClFN3/c1-6-2-3-8(13)10(11(6)12)9-4-7(5-14)15-16-9/h2-4H,5,14H2,1H3,(H,15,16). The predicted octanol–water partition coefficient (Wildman–Crippen LogP) is 2.64. The lowest BCUT2D eigenvalue weighted by Crippen LogP contribution is -1.95. The van der Waals surface area contributed by atoms with Crippen LogP contribution in [0.15, 0.2) is 18.2 Å². The Morgan fingerprint density at radius 1 is 1.50 bits per heavy atom. The van der Waals surface area contributed by atoms with Crippen molar-refractivity contribution in [1.29, 1.82) is 0 Å². The number of halogens is 2. The highest BCUT2D eigenvalue weighted by atomic mass is 35.5. The van der Waals surface area contributed by atoms with Gasteiger partial charge in [-0.05, 0) is 24.6 Å². The van der Waals surface area contributed by atoms with E-state index in [2.05, 4.69) is 10.2 Å². The fourth-order valence-corrected chi connectivity index (χ4v) is 1.74. The van der Waals surface area contributed by atoms with Crippen LogP contribution in [0.3, 0.4) is 0 Å². The molecule has 1 aromatic carbocycles. The van der Waals surface area contributed by atoms with Crippen LogP contribution in [-0.2, 0) is 6.54 Å². The van der Waals surface area contributed by atoms with Crippen molar-refractivity contribution >= 4 is 11.6 Å². The van der Waals surface area contributed by atoms with Gasteiger partial charge in [-0.2, -0.15) is 5.10 Å². The van der Waals surface area contributed by atoms with Gasteiger partial charge in [-0.3, -0.25) is 5.10 Å². The minimum absolute atomic E-state index is 0.317. The quantitative estimate of drug-likeness (QED) is 0.847.